The van der Waals surface area contributed by atoms with E-state index in [1.165, 1.54) is 18.9 Å². The molecule has 1 aromatic carbocycles. The highest BCUT2D eigenvalue weighted by Crippen LogP contribution is 2.25. The number of aromatic nitrogens is 2. The standard InChI is InChI=1S/C20H29F2N5O2/c1-6-16-15(17(7-2)27(4)26-16)12-25-20(23-3)24-11-13-10-14(28-5)8-9-18(13)29-19(21)22/h8-10,19H,6-7,11-12H2,1-5H3,(H2,23,24,25). The summed E-state index contributed by atoms with van der Waals surface area (Å²) in [6.07, 6.45) is 1.72. The number of rotatable bonds is 9. The van der Waals surface area contributed by atoms with Crippen molar-refractivity contribution in [3.63, 3.8) is 0 Å². The summed E-state index contributed by atoms with van der Waals surface area (Å²) in [5.41, 5.74) is 3.92. The number of aliphatic imine (C=N–C) groups is 1. The first kappa shape index (κ1) is 22.4. The van der Waals surface area contributed by atoms with E-state index >= 15 is 0 Å². The van der Waals surface area contributed by atoms with Gasteiger partial charge in [-0.25, -0.2) is 0 Å². The molecule has 1 aromatic heterocycles. The van der Waals surface area contributed by atoms with Crippen LogP contribution in [-0.2, 0) is 33.0 Å². The predicted octanol–water partition coefficient (Wildman–Crippen LogP) is 3.02. The van der Waals surface area contributed by atoms with Crippen molar-refractivity contribution in [1.29, 1.82) is 0 Å². The molecule has 0 aliphatic heterocycles. The number of hydrogen-bond donors (Lipinski definition) is 2. The van der Waals surface area contributed by atoms with E-state index in [2.05, 4.69) is 39.3 Å². The molecule has 0 aliphatic rings. The van der Waals surface area contributed by atoms with Gasteiger partial charge in [0.1, 0.15) is 11.5 Å². The van der Waals surface area contributed by atoms with Gasteiger partial charge in [-0.1, -0.05) is 13.8 Å². The van der Waals surface area contributed by atoms with Gasteiger partial charge in [0, 0.05) is 44.0 Å². The molecule has 0 aliphatic carbocycles. The van der Waals surface area contributed by atoms with Crippen LogP contribution in [0, 0.1) is 0 Å². The van der Waals surface area contributed by atoms with E-state index in [1.807, 2.05) is 11.7 Å². The average Bonchev–Trinajstić information content (AvgIpc) is 3.03. The largest absolute Gasteiger partial charge is 0.497 e. The maximum atomic E-state index is 12.7. The van der Waals surface area contributed by atoms with Crippen LogP contribution in [0.15, 0.2) is 23.2 Å². The monoisotopic (exact) mass is 409 g/mol. The lowest BCUT2D eigenvalue weighted by molar-refractivity contribution is -0.0504. The lowest BCUT2D eigenvalue weighted by Crippen LogP contribution is -2.36. The summed E-state index contributed by atoms with van der Waals surface area (Å²) in [6, 6.07) is 4.70. The molecule has 0 saturated carbocycles. The Labute approximate surface area is 170 Å². The lowest BCUT2D eigenvalue weighted by atomic mass is 10.1. The molecular formula is C20H29F2N5O2. The number of ether oxygens (including phenoxy) is 2. The van der Waals surface area contributed by atoms with Crippen LogP contribution in [0.5, 0.6) is 11.5 Å². The molecule has 0 atom stereocenters. The number of alkyl halides is 2. The normalized spacial score (nSPS) is 11.7. The van der Waals surface area contributed by atoms with Gasteiger partial charge >= 0.3 is 6.61 Å². The van der Waals surface area contributed by atoms with Crippen molar-refractivity contribution in [2.24, 2.45) is 12.0 Å². The number of nitrogens with one attached hydrogen (secondary N) is 2. The Bertz CT molecular complexity index is 837. The SMILES string of the molecule is CCc1nn(C)c(CC)c1CNC(=NC)NCc1cc(OC)ccc1OC(F)F. The first-order chi connectivity index (χ1) is 13.9. The molecule has 0 fully saturated rings. The molecule has 0 radical (unpaired) electrons. The van der Waals surface area contributed by atoms with Crippen LogP contribution >= 0.6 is 0 Å². The molecular weight excluding hydrogens is 380 g/mol. The smallest absolute Gasteiger partial charge is 0.387 e. The molecule has 0 spiro atoms. The van der Waals surface area contributed by atoms with E-state index in [4.69, 9.17) is 4.74 Å². The predicted molar refractivity (Wildman–Crippen MR) is 109 cm³/mol. The first-order valence-corrected chi connectivity index (χ1v) is 9.53. The van der Waals surface area contributed by atoms with Crippen LogP contribution in [0.2, 0.25) is 0 Å². The Morgan fingerprint density at radius 1 is 1.21 bits per heavy atom. The number of benzene rings is 1. The average molecular weight is 409 g/mol. The molecule has 2 N–H and O–H groups in total. The summed E-state index contributed by atoms with van der Waals surface area (Å²) < 4.78 is 37.1. The summed E-state index contributed by atoms with van der Waals surface area (Å²) in [6.45, 7) is 2.09. The Balaban J connectivity index is 2.09. The van der Waals surface area contributed by atoms with Gasteiger partial charge in [0.25, 0.3) is 0 Å². The van der Waals surface area contributed by atoms with Crippen molar-refractivity contribution in [2.75, 3.05) is 14.2 Å². The van der Waals surface area contributed by atoms with Crippen molar-refractivity contribution in [1.82, 2.24) is 20.4 Å². The van der Waals surface area contributed by atoms with Crippen LogP contribution in [-0.4, -0.2) is 36.5 Å². The second-order valence-corrected chi connectivity index (χ2v) is 6.33. The lowest BCUT2D eigenvalue weighted by Gasteiger charge is -2.16. The number of methoxy groups -OCH3 is 1. The van der Waals surface area contributed by atoms with Gasteiger partial charge in [-0.05, 0) is 31.0 Å². The van der Waals surface area contributed by atoms with Crippen molar-refractivity contribution in [3.8, 4) is 11.5 Å². The number of aryl methyl sites for hydroxylation is 2. The van der Waals surface area contributed by atoms with Gasteiger partial charge in [-0.2, -0.15) is 13.9 Å². The van der Waals surface area contributed by atoms with E-state index in [0.717, 1.165) is 24.1 Å². The van der Waals surface area contributed by atoms with Crippen LogP contribution in [0.1, 0.15) is 36.4 Å². The summed E-state index contributed by atoms with van der Waals surface area (Å²) in [7, 11) is 5.12. The Morgan fingerprint density at radius 2 is 1.93 bits per heavy atom. The number of hydrogen-bond acceptors (Lipinski definition) is 4. The Hall–Kier alpha value is -2.84. The summed E-state index contributed by atoms with van der Waals surface area (Å²) >= 11 is 0. The highest BCUT2D eigenvalue weighted by molar-refractivity contribution is 5.79. The van der Waals surface area contributed by atoms with Gasteiger partial charge in [0.15, 0.2) is 5.96 Å². The minimum absolute atomic E-state index is 0.0950. The fourth-order valence-corrected chi connectivity index (χ4v) is 3.20. The topological polar surface area (TPSA) is 72.7 Å². The third-order valence-electron chi connectivity index (χ3n) is 4.61. The minimum atomic E-state index is -2.90. The Kier molecular flexibility index (Phi) is 8.23. The molecule has 0 amide bonds. The zero-order valence-corrected chi connectivity index (χ0v) is 17.6. The van der Waals surface area contributed by atoms with E-state index < -0.39 is 6.61 Å². The molecule has 160 valence electrons. The fraction of sp³-hybridized carbons (Fsp3) is 0.500. The third kappa shape index (κ3) is 5.82. The minimum Gasteiger partial charge on any atom is -0.497 e. The second-order valence-electron chi connectivity index (χ2n) is 6.33. The molecule has 0 saturated heterocycles. The highest BCUT2D eigenvalue weighted by Gasteiger charge is 2.15. The number of nitrogens with zero attached hydrogens (tertiary/aromatic N) is 3. The van der Waals surface area contributed by atoms with E-state index in [1.54, 1.807) is 19.2 Å². The molecule has 7 nitrogen and oxygen atoms in total. The van der Waals surface area contributed by atoms with Crippen molar-refractivity contribution in [3.05, 3.63) is 40.7 Å². The second kappa shape index (κ2) is 10.6. The van der Waals surface area contributed by atoms with Gasteiger partial charge in [0.05, 0.1) is 12.8 Å². The molecule has 9 heteroatoms. The Morgan fingerprint density at radius 3 is 2.52 bits per heavy atom. The summed E-state index contributed by atoms with van der Waals surface area (Å²) in [4.78, 5) is 4.22. The van der Waals surface area contributed by atoms with Crippen LogP contribution < -0.4 is 20.1 Å². The molecule has 1 heterocycles. The van der Waals surface area contributed by atoms with E-state index in [0.29, 0.717) is 23.8 Å². The first-order valence-electron chi connectivity index (χ1n) is 9.53. The van der Waals surface area contributed by atoms with Gasteiger partial charge in [0.2, 0.25) is 0 Å². The zero-order chi connectivity index (χ0) is 21.4. The fourth-order valence-electron chi connectivity index (χ4n) is 3.20. The third-order valence-corrected chi connectivity index (χ3v) is 4.61. The number of halogens is 2. The number of guanidine groups is 1. The van der Waals surface area contributed by atoms with Crippen LogP contribution in [0.4, 0.5) is 8.78 Å². The highest BCUT2D eigenvalue weighted by atomic mass is 19.3. The maximum absolute atomic E-state index is 12.7. The van der Waals surface area contributed by atoms with Crippen molar-refractivity contribution < 1.29 is 18.3 Å². The van der Waals surface area contributed by atoms with Crippen molar-refractivity contribution in [2.45, 2.75) is 46.4 Å². The maximum Gasteiger partial charge on any atom is 0.387 e. The van der Waals surface area contributed by atoms with Crippen LogP contribution in [0.25, 0.3) is 0 Å². The molecule has 2 aromatic rings. The molecule has 29 heavy (non-hydrogen) atoms. The van der Waals surface area contributed by atoms with Gasteiger partial charge in [-0.15, -0.1) is 0 Å². The molecule has 0 bridgehead atoms. The zero-order valence-electron chi connectivity index (χ0n) is 17.6. The molecule has 0 unspecified atom stereocenters. The quantitative estimate of drug-likeness (QED) is 0.492. The van der Waals surface area contributed by atoms with E-state index in [9.17, 15) is 8.78 Å². The van der Waals surface area contributed by atoms with Gasteiger partial charge < -0.3 is 20.1 Å². The van der Waals surface area contributed by atoms with Crippen LogP contribution in [0.3, 0.4) is 0 Å². The summed E-state index contributed by atoms with van der Waals surface area (Å²) in [5, 5.41) is 11.0. The van der Waals surface area contributed by atoms with E-state index in [-0.39, 0.29) is 12.3 Å². The summed E-state index contributed by atoms with van der Waals surface area (Å²) in [5.74, 6) is 1.20. The van der Waals surface area contributed by atoms with Gasteiger partial charge in [-0.3, -0.25) is 9.67 Å². The van der Waals surface area contributed by atoms with Crippen molar-refractivity contribution >= 4 is 5.96 Å². The molecule has 2 rings (SSSR count).